The van der Waals surface area contributed by atoms with Crippen LogP contribution < -0.4 is 15.5 Å². The number of hydrogen-bond donors (Lipinski definition) is 2. The van der Waals surface area contributed by atoms with Crippen LogP contribution in [-0.4, -0.2) is 30.9 Å². The molecule has 1 fully saturated rings. The summed E-state index contributed by atoms with van der Waals surface area (Å²) in [5.41, 5.74) is 2.01. The third kappa shape index (κ3) is 5.23. The maximum absolute atomic E-state index is 13.1. The van der Waals surface area contributed by atoms with Gasteiger partial charge in [0.15, 0.2) is 0 Å². The van der Waals surface area contributed by atoms with E-state index in [0.717, 1.165) is 30.5 Å². The monoisotopic (exact) mass is 403 g/mol. The first-order valence-electron chi connectivity index (χ1n) is 9.33. The Morgan fingerprint density at radius 3 is 2.64 bits per heavy atom. The first-order chi connectivity index (χ1) is 13.4. The summed E-state index contributed by atoms with van der Waals surface area (Å²) >= 11 is 5.91. The summed E-state index contributed by atoms with van der Waals surface area (Å²) in [7, 11) is 0. The van der Waals surface area contributed by atoms with Crippen molar-refractivity contribution in [1.82, 2.24) is 5.32 Å². The molecule has 28 heavy (non-hydrogen) atoms. The van der Waals surface area contributed by atoms with E-state index < -0.39 is 17.8 Å². The van der Waals surface area contributed by atoms with Crippen LogP contribution in [0, 0.1) is 5.82 Å². The summed E-state index contributed by atoms with van der Waals surface area (Å²) in [5, 5.41) is 5.63. The minimum absolute atomic E-state index is 0.0351. The normalized spacial score (nSPS) is 14.6. The van der Waals surface area contributed by atoms with Gasteiger partial charge >= 0.3 is 0 Å². The van der Waals surface area contributed by atoms with Crippen molar-refractivity contribution in [3.05, 3.63) is 58.9 Å². The lowest BCUT2D eigenvalue weighted by atomic mass is 10.1. The molecule has 1 aliphatic rings. The minimum Gasteiger partial charge on any atom is -0.371 e. The van der Waals surface area contributed by atoms with Crippen molar-refractivity contribution < 1.29 is 14.0 Å². The highest BCUT2D eigenvalue weighted by atomic mass is 35.5. The molecule has 0 radical (unpaired) electrons. The molecule has 2 N–H and O–H groups in total. The molecule has 7 heteroatoms. The predicted octanol–water partition coefficient (Wildman–Crippen LogP) is 4.23. The molecule has 2 aromatic carbocycles. The van der Waals surface area contributed by atoms with Crippen molar-refractivity contribution in [1.29, 1.82) is 0 Å². The molecule has 3 rings (SSSR count). The van der Waals surface area contributed by atoms with Gasteiger partial charge in [-0.05, 0) is 56.2 Å². The zero-order valence-corrected chi connectivity index (χ0v) is 16.4. The number of halogens is 2. The summed E-state index contributed by atoms with van der Waals surface area (Å²) in [4.78, 5) is 26.9. The first kappa shape index (κ1) is 20.1. The lowest BCUT2D eigenvalue weighted by Crippen LogP contribution is -2.35. The van der Waals surface area contributed by atoms with Crippen molar-refractivity contribution in [3.8, 4) is 0 Å². The van der Waals surface area contributed by atoms with Crippen molar-refractivity contribution in [3.63, 3.8) is 0 Å². The van der Waals surface area contributed by atoms with Gasteiger partial charge in [0.2, 0.25) is 5.91 Å². The highest BCUT2D eigenvalue weighted by Crippen LogP contribution is 2.23. The molecule has 2 amide bonds. The Bertz CT molecular complexity index is 868. The van der Waals surface area contributed by atoms with Gasteiger partial charge in [0.05, 0.1) is 10.6 Å². The average Bonchev–Trinajstić information content (AvgIpc) is 3.16. The van der Waals surface area contributed by atoms with Crippen molar-refractivity contribution in [2.45, 2.75) is 32.2 Å². The topological polar surface area (TPSA) is 61.4 Å². The number of amides is 2. The number of anilines is 2. The second-order valence-electron chi connectivity index (χ2n) is 7.00. The molecule has 5 nitrogen and oxygen atoms in total. The molecule has 1 aliphatic heterocycles. The third-order valence-electron chi connectivity index (χ3n) is 4.65. The van der Waals surface area contributed by atoms with Gasteiger partial charge in [-0.2, -0.15) is 0 Å². The Hall–Kier alpha value is -2.60. The zero-order valence-electron chi connectivity index (χ0n) is 15.7. The van der Waals surface area contributed by atoms with Crippen LogP contribution in [0.5, 0.6) is 0 Å². The van der Waals surface area contributed by atoms with Crippen molar-refractivity contribution >= 4 is 34.8 Å². The summed E-state index contributed by atoms with van der Waals surface area (Å²) in [6, 6.07) is 10.9. The number of nitrogens with zero attached hydrogens (tertiary/aromatic N) is 1. The van der Waals surface area contributed by atoms with E-state index in [0.29, 0.717) is 0 Å². The van der Waals surface area contributed by atoms with Crippen LogP contribution in [0.2, 0.25) is 5.02 Å². The Kier molecular flexibility index (Phi) is 6.52. The zero-order chi connectivity index (χ0) is 20.1. The molecule has 0 bridgehead atoms. The molecule has 2 aromatic rings. The van der Waals surface area contributed by atoms with E-state index in [1.165, 1.54) is 25.0 Å². The highest BCUT2D eigenvalue weighted by Gasteiger charge is 2.17. The number of carbonyl (C=O) groups excluding carboxylic acids is 2. The van der Waals surface area contributed by atoms with Crippen LogP contribution in [0.25, 0.3) is 0 Å². The third-order valence-corrected chi connectivity index (χ3v) is 4.96. The Balaban J connectivity index is 1.54. The van der Waals surface area contributed by atoms with Gasteiger partial charge in [-0.1, -0.05) is 17.7 Å². The first-order valence-corrected chi connectivity index (χ1v) is 9.71. The van der Waals surface area contributed by atoms with Gasteiger partial charge in [0, 0.05) is 36.9 Å². The number of hydrogen-bond acceptors (Lipinski definition) is 3. The maximum atomic E-state index is 13.1. The molecule has 1 saturated heterocycles. The molecule has 0 aromatic heterocycles. The lowest BCUT2D eigenvalue weighted by Gasteiger charge is -2.19. The van der Waals surface area contributed by atoms with E-state index in [4.69, 9.17) is 11.6 Å². The average molecular weight is 404 g/mol. The Morgan fingerprint density at radius 2 is 1.93 bits per heavy atom. The van der Waals surface area contributed by atoms with Crippen LogP contribution in [0.4, 0.5) is 15.8 Å². The SMILES string of the molecule is CC(CC(=O)Nc1cccc(N2CCCC2)c1)NC(=O)c1ccc(F)cc1Cl. The summed E-state index contributed by atoms with van der Waals surface area (Å²) in [6.07, 6.45) is 2.48. The molecule has 1 unspecified atom stereocenters. The largest absolute Gasteiger partial charge is 0.371 e. The molecule has 148 valence electrons. The van der Waals surface area contributed by atoms with Crippen LogP contribution in [0.3, 0.4) is 0 Å². The minimum atomic E-state index is -0.509. The van der Waals surface area contributed by atoms with Gasteiger partial charge in [-0.15, -0.1) is 0 Å². The predicted molar refractivity (Wildman–Crippen MR) is 109 cm³/mol. The van der Waals surface area contributed by atoms with Gasteiger partial charge in [-0.25, -0.2) is 4.39 Å². The fraction of sp³-hybridized carbons (Fsp3) is 0.333. The molecule has 1 heterocycles. The second-order valence-corrected chi connectivity index (χ2v) is 7.40. The highest BCUT2D eigenvalue weighted by molar-refractivity contribution is 6.33. The summed E-state index contributed by atoms with van der Waals surface area (Å²) in [6.45, 7) is 3.80. The van der Waals surface area contributed by atoms with E-state index in [1.807, 2.05) is 24.3 Å². The van der Waals surface area contributed by atoms with Gasteiger partial charge in [0.25, 0.3) is 5.91 Å². The van der Waals surface area contributed by atoms with E-state index in [1.54, 1.807) is 6.92 Å². The fourth-order valence-corrected chi connectivity index (χ4v) is 3.53. The quantitative estimate of drug-likeness (QED) is 0.758. The molecular weight excluding hydrogens is 381 g/mol. The van der Waals surface area contributed by atoms with Crippen LogP contribution in [0.1, 0.15) is 36.5 Å². The second kappa shape index (κ2) is 9.06. The molecule has 0 aliphatic carbocycles. The van der Waals surface area contributed by atoms with Crippen molar-refractivity contribution in [2.24, 2.45) is 0 Å². The molecule has 1 atom stereocenters. The van der Waals surface area contributed by atoms with Crippen LogP contribution in [-0.2, 0) is 4.79 Å². The smallest absolute Gasteiger partial charge is 0.253 e. The van der Waals surface area contributed by atoms with Gasteiger partial charge in [0.1, 0.15) is 5.82 Å². The van der Waals surface area contributed by atoms with E-state index in [2.05, 4.69) is 15.5 Å². The number of carbonyl (C=O) groups is 2. The van der Waals surface area contributed by atoms with Crippen LogP contribution >= 0.6 is 11.6 Å². The van der Waals surface area contributed by atoms with Crippen molar-refractivity contribution in [2.75, 3.05) is 23.3 Å². The van der Waals surface area contributed by atoms with E-state index >= 15 is 0 Å². The Labute approximate surface area is 168 Å². The summed E-state index contributed by atoms with van der Waals surface area (Å²) < 4.78 is 13.1. The lowest BCUT2D eigenvalue weighted by molar-refractivity contribution is -0.116. The van der Waals surface area contributed by atoms with Gasteiger partial charge in [-0.3, -0.25) is 9.59 Å². The number of benzene rings is 2. The number of rotatable bonds is 6. The molecule has 0 saturated carbocycles. The fourth-order valence-electron chi connectivity index (χ4n) is 3.27. The number of nitrogens with one attached hydrogen (secondary N) is 2. The Morgan fingerprint density at radius 1 is 1.18 bits per heavy atom. The molecule has 0 spiro atoms. The standard InChI is InChI=1S/C21H23ClFN3O2/c1-14(24-21(28)18-8-7-15(23)12-19(18)22)11-20(27)25-16-5-4-6-17(13-16)26-9-2-3-10-26/h4-8,12-14H,2-3,9-11H2,1H3,(H,24,28)(H,25,27). The van der Waals surface area contributed by atoms with E-state index in [-0.39, 0.29) is 22.9 Å². The summed E-state index contributed by atoms with van der Waals surface area (Å²) in [5.74, 6) is -1.15. The molecular formula is C21H23ClFN3O2. The van der Waals surface area contributed by atoms with Gasteiger partial charge < -0.3 is 15.5 Å². The van der Waals surface area contributed by atoms with Crippen LogP contribution in [0.15, 0.2) is 42.5 Å². The maximum Gasteiger partial charge on any atom is 0.253 e. The van der Waals surface area contributed by atoms with E-state index in [9.17, 15) is 14.0 Å².